The second kappa shape index (κ2) is 5.03. The van der Waals surface area contributed by atoms with Gasteiger partial charge in [0, 0.05) is 12.1 Å². The van der Waals surface area contributed by atoms with E-state index in [2.05, 4.69) is 21.2 Å². The predicted octanol–water partition coefficient (Wildman–Crippen LogP) is 1.47. The van der Waals surface area contributed by atoms with Gasteiger partial charge in [-0.25, -0.2) is 0 Å². The number of aliphatic hydroxyl groups excluding tert-OH is 1. The van der Waals surface area contributed by atoms with Crippen molar-refractivity contribution in [1.29, 1.82) is 0 Å². The second-order valence-electron chi connectivity index (χ2n) is 3.57. The molecule has 4 nitrogen and oxygen atoms in total. The quantitative estimate of drug-likeness (QED) is 0.884. The Morgan fingerprint density at radius 2 is 2.06 bits per heavy atom. The number of rotatable bonds is 3. The van der Waals surface area contributed by atoms with Crippen molar-refractivity contribution in [2.75, 3.05) is 26.8 Å². The molecular weight excluding hydrogens is 274 g/mol. The van der Waals surface area contributed by atoms with Crippen molar-refractivity contribution < 1.29 is 14.6 Å². The summed E-state index contributed by atoms with van der Waals surface area (Å²) in [6, 6.07) is 3.71. The highest BCUT2D eigenvalue weighted by Gasteiger charge is 2.22. The van der Waals surface area contributed by atoms with Gasteiger partial charge in [-0.3, -0.25) is 0 Å². The molecule has 16 heavy (non-hydrogen) atoms. The SMILES string of the molecule is CNCC(O)c1ccc(Br)c2c1OCCO2. The van der Waals surface area contributed by atoms with Crippen molar-refractivity contribution in [2.45, 2.75) is 6.10 Å². The van der Waals surface area contributed by atoms with E-state index in [9.17, 15) is 5.11 Å². The molecule has 1 aromatic carbocycles. The van der Waals surface area contributed by atoms with Crippen LogP contribution in [0.5, 0.6) is 11.5 Å². The molecule has 0 radical (unpaired) electrons. The molecule has 0 aliphatic carbocycles. The molecular formula is C11H14BrNO3. The molecule has 2 rings (SSSR count). The largest absolute Gasteiger partial charge is 0.486 e. The zero-order valence-corrected chi connectivity index (χ0v) is 10.6. The van der Waals surface area contributed by atoms with Crippen LogP contribution >= 0.6 is 15.9 Å². The molecule has 5 heteroatoms. The number of hydrogen-bond acceptors (Lipinski definition) is 4. The number of nitrogens with one attached hydrogen (secondary N) is 1. The summed E-state index contributed by atoms with van der Waals surface area (Å²) in [6.45, 7) is 1.54. The highest BCUT2D eigenvalue weighted by Crippen LogP contribution is 2.42. The summed E-state index contributed by atoms with van der Waals surface area (Å²) in [5, 5.41) is 12.9. The molecule has 1 aromatic rings. The first-order valence-electron chi connectivity index (χ1n) is 5.14. The van der Waals surface area contributed by atoms with Crippen LogP contribution in [0.25, 0.3) is 0 Å². The molecule has 0 amide bonds. The summed E-state index contributed by atoms with van der Waals surface area (Å²) in [4.78, 5) is 0. The third kappa shape index (κ3) is 2.16. The summed E-state index contributed by atoms with van der Waals surface area (Å²) in [5.41, 5.74) is 0.757. The minimum Gasteiger partial charge on any atom is -0.486 e. The third-order valence-electron chi connectivity index (χ3n) is 2.43. The van der Waals surface area contributed by atoms with Gasteiger partial charge in [-0.2, -0.15) is 0 Å². The fourth-order valence-electron chi connectivity index (χ4n) is 1.69. The van der Waals surface area contributed by atoms with Gasteiger partial charge in [0.2, 0.25) is 0 Å². The molecule has 0 spiro atoms. The maximum atomic E-state index is 9.95. The third-order valence-corrected chi connectivity index (χ3v) is 3.05. The van der Waals surface area contributed by atoms with Crippen LogP contribution in [-0.4, -0.2) is 31.9 Å². The number of likely N-dealkylation sites (N-methyl/N-ethyl adjacent to an activating group) is 1. The van der Waals surface area contributed by atoms with Crippen molar-refractivity contribution in [3.8, 4) is 11.5 Å². The zero-order valence-electron chi connectivity index (χ0n) is 9.00. The lowest BCUT2D eigenvalue weighted by molar-refractivity contribution is 0.145. The van der Waals surface area contributed by atoms with Gasteiger partial charge in [-0.05, 0) is 29.0 Å². The zero-order chi connectivity index (χ0) is 11.5. The maximum Gasteiger partial charge on any atom is 0.175 e. The average Bonchev–Trinajstić information content (AvgIpc) is 2.30. The molecule has 1 atom stereocenters. The standard InChI is InChI=1S/C11H14BrNO3/c1-13-6-9(14)7-2-3-8(12)11-10(7)15-4-5-16-11/h2-3,9,13-14H,4-6H2,1H3. The Balaban J connectivity index is 2.38. The lowest BCUT2D eigenvalue weighted by Gasteiger charge is -2.24. The van der Waals surface area contributed by atoms with Gasteiger partial charge in [0.25, 0.3) is 0 Å². The normalized spacial score (nSPS) is 15.9. The molecule has 0 saturated carbocycles. The van der Waals surface area contributed by atoms with Crippen LogP contribution < -0.4 is 14.8 Å². The van der Waals surface area contributed by atoms with E-state index in [1.54, 1.807) is 7.05 Å². The monoisotopic (exact) mass is 287 g/mol. The van der Waals surface area contributed by atoms with E-state index in [1.165, 1.54) is 0 Å². The van der Waals surface area contributed by atoms with E-state index in [0.29, 0.717) is 31.3 Å². The van der Waals surface area contributed by atoms with Crippen molar-refractivity contribution in [3.05, 3.63) is 22.2 Å². The van der Waals surface area contributed by atoms with Gasteiger partial charge in [0.15, 0.2) is 11.5 Å². The Hall–Kier alpha value is -0.780. The molecule has 1 aliphatic rings. The maximum absolute atomic E-state index is 9.95. The Bertz CT molecular complexity index is 384. The van der Waals surface area contributed by atoms with Crippen molar-refractivity contribution in [2.24, 2.45) is 0 Å². The molecule has 88 valence electrons. The molecule has 1 heterocycles. The fourth-order valence-corrected chi connectivity index (χ4v) is 2.12. The van der Waals surface area contributed by atoms with E-state index in [1.807, 2.05) is 12.1 Å². The van der Waals surface area contributed by atoms with Crippen LogP contribution in [-0.2, 0) is 0 Å². The first-order valence-corrected chi connectivity index (χ1v) is 5.94. The molecule has 2 N–H and O–H groups in total. The molecule has 1 unspecified atom stereocenters. The van der Waals surface area contributed by atoms with E-state index >= 15 is 0 Å². The van der Waals surface area contributed by atoms with E-state index < -0.39 is 6.10 Å². The fraction of sp³-hybridized carbons (Fsp3) is 0.455. The van der Waals surface area contributed by atoms with E-state index in [4.69, 9.17) is 9.47 Å². The summed E-state index contributed by atoms with van der Waals surface area (Å²) < 4.78 is 11.9. The van der Waals surface area contributed by atoms with Gasteiger partial charge in [0.05, 0.1) is 10.6 Å². The van der Waals surface area contributed by atoms with Crippen molar-refractivity contribution >= 4 is 15.9 Å². The number of ether oxygens (including phenoxy) is 2. The predicted molar refractivity (Wildman–Crippen MR) is 64.0 cm³/mol. The lowest BCUT2D eigenvalue weighted by atomic mass is 10.1. The Morgan fingerprint density at radius 3 is 2.75 bits per heavy atom. The Morgan fingerprint density at radius 1 is 1.38 bits per heavy atom. The van der Waals surface area contributed by atoms with E-state index in [0.717, 1.165) is 10.0 Å². The number of aliphatic hydroxyl groups is 1. The van der Waals surface area contributed by atoms with Crippen molar-refractivity contribution in [1.82, 2.24) is 5.32 Å². The van der Waals surface area contributed by atoms with Gasteiger partial charge in [0.1, 0.15) is 13.2 Å². The molecule has 0 bridgehead atoms. The number of fused-ring (bicyclic) bond motifs is 1. The summed E-state index contributed by atoms with van der Waals surface area (Å²) in [5.74, 6) is 1.32. The van der Waals surface area contributed by atoms with Crippen LogP contribution in [0.15, 0.2) is 16.6 Å². The highest BCUT2D eigenvalue weighted by molar-refractivity contribution is 9.10. The van der Waals surface area contributed by atoms with Crippen LogP contribution in [0, 0.1) is 0 Å². The van der Waals surface area contributed by atoms with Gasteiger partial charge < -0.3 is 19.9 Å². The topological polar surface area (TPSA) is 50.7 Å². The van der Waals surface area contributed by atoms with E-state index in [-0.39, 0.29) is 0 Å². The van der Waals surface area contributed by atoms with Gasteiger partial charge in [-0.15, -0.1) is 0 Å². The number of benzene rings is 1. The molecule has 1 aliphatic heterocycles. The van der Waals surface area contributed by atoms with Gasteiger partial charge in [-0.1, -0.05) is 6.07 Å². The average molecular weight is 288 g/mol. The molecule has 0 saturated heterocycles. The minimum atomic E-state index is -0.589. The minimum absolute atomic E-state index is 0.484. The van der Waals surface area contributed by atoms with Crippen LogP contribution in [0.4, 0.5) is 0 Å². The lowest BCUT2D eigenvalue weighted by Crippen LogP contribution is -2.21. The number of halogens is 1. The summed E-state index contributed by atoms with van der Waals surface area (Å²) in [7, 11) is 1.80. The first-order chi connectivity index (χ1) is 7.74. The number of hydrogen-bond donors (Lipinski definition) is 2. The van der Waals surface area contributed by atoms with Crippen molar-refractivity contribution in [3.63, 3.8) is 0 Å². The molecule has 0 aromatic heterocycles. The second-order valence-corrected chi connectivity index (χ2v) is 4.42. The van der Waals surface area contributed by atoms with Gasteiger partial charge >= 0.3 is 0 Å². The smallest absolute Gasteiger partial charge is 0.175 e. The van der Waals surface area contributed by atoms with Crippen LogP contribution in [0.1, 0.15) is 11.7 Å². The Labute approximate surface area is 103 Å². The van der Waals surface area contributed by atoms with Crippen LogP contribution in [0.2, 0.25) is 0 Å². The Kier molecular flexibility index (Phi) is 3.68. The highest BCUT2D eigenvalue weighted by atomic mass is 79.9. The van der Waals surface area contributed by atoms with Crippen LogP contribution in [0.3, 0.4) is 0 Å². The summed E-state index contributed by atoms with van der Waals surface area (Å²) >= 11 is 3.40. The summed E-state index contributed by atoms with van der Waals surface area (Å²) in [6.07, 6.45) is -0.589. The molecule has 0 fully saturated rings. The first kappa shape index (κ1) is 11.7.